The summed E-state index contributed by atoms with van der Waals surface area (Å²) in [5.74, 6) is 0.798. The van der Waals surface area contributed by atoms with Crippen LogP contribution in [0.2, 0.25) is 0 Å². The van der Waals surface area contributed by atoms with Crippen molar-refractivity contribution in [2.45, 2.75) is 93.5 Å². The van der Waals surface area contributed by atoms with Crippen molar-refractivity contribution in [3.63, 3.8) is 0 Å². The van der Waals surface area contributed by atoms with E-state index in [4.69, 9.17) is 0 Å². The maximum Gasteiger partial charge on any atom is 0.251 e. The van der Waals surface area contributed by atoms with E-state index in [9.17, 15) is 14.4 Å². The summed E-state index contributed by atoms with van der Waals surface area (Å²) >= 11 is 1.77. The van der Waals surface area contributed by atoms with E-state index in [0.29, 0.717) is 17.1 Å². The smallest absolute Gasteiger partial charge is 0.251 e. The molecule has 3 amide bonds. The zero-order valence-electron chi connectivity index (χ0n) is 22.9. The van der Waals surface area contributed by atoms with Gasteiger partial charge in [-0.1, -0.05) is 55.3 Å². The number of carbonyl (C=O) groups is 3. The molecule has 4 aliphatic rings. The molecule has 1 aromatic carbocycles. The number of hydrogen-bond donors (Lipinski definition) is 3. The molecule has 2 aliphatic carbocycles. The normalized spacial score (nSPS) is 32.0. The van der Waals surface area contributed by atoms with Crippen molar-refractivity contribution in [2.75, 3.05) is 11.9 Å². The first-order valence-corrected chi connectivity index (χ1v) is 15.6. The summed E-state index contributed by atoms with van der Waals surface area (Å²) in [6, 6.07) is 18.2. The highest BCUT2D eigenvalue weighted by Crippen LogP contribution is 2.45. The Morgan fingerprint density at radius 3 is 2.23 bits per heavy atom. The van der Waals surface area contributed by atoms with Crippen molar-refractivity contribution in [1.29, 1.82) is 0 Å². The van der Waals surface area contributed by atoms with Crippen LogP contribution in [0.25, 0.3) is 0 Å². The van der Waals surface area contributed by atoms with Crippen LogP contribution in [0.5, 0.6) is 0 Å². The van der Waals surface area contributed by atoms with Gasteiger partial charge in [-0.3, -0.25) is 19.7 Å². The minimum atomic E-state index is -0.294. The van der Waals surface area contributed by atoms with Crippen LogP contribution in [-0.2, 0) is 14.4 Å². The third-order valence-corrected chi connectivity index (χ3v) is 10.4. The summed E-state index contributed by atoms with van der Waals surface area (Å²) in [7, 11) is 0. The SMILES string of the molecule is CC(=O)NC1CCC(C(=O)N2CCC3NC(C(=O)Nc4ccccccccc4)SC3C3CCCCC32)CC1. The number of amides is 3. The lowest BCUT2D eigenvalue weighted by Crippen LogP contribution is -2.50. The van der Waals surface area contributed by atoms with Gasteiger partial charge >= 0.3 is 0 Å². The number of anilines is 1. The van der Waals surface area contributed by atoms with Crippen LogP contribution >= 0.6 is 11.8 Å². The summed E-state index contributed by atoms with van der Waals surface area (Å²) in [5.41, 5.74) is 0.770. The molecule has 8 heteroatoms. The first kappa shape index (κ1) is 28.0. The van der Waals surface area contributed by atoms with Gasteiger partial charge < -0.3 is 15.5 Å². The molecule has 0 spiro atoms. The van der Waals surface area contributed by atoms with Crippen LogP contribution in [0.3, 0.4) is 0 Å². The summed E-state index contributed by atoms with van der Waals surface area (Å²) in [5, 5.41) is 9.83. The van der Waals surface area contributed by atoms with Gasteiger partial charge in [-0.15, -0.1) is 11.8 Å². The highest BCUT2D eigenvalue weighted by atomic mass is 32.2. The molecule has 2 saturated carbocycles. The molecule has 2 aliphatic heterocycles. The van der Waals surface area contributed by atoms with E-state index in [1.165, 1.54) is 6.42 Å². The monoisotopic (exact) mass is 550 g/mol. The second-order valence-electron chi connectivity index (χ2n) is 11.5. The molecule has 5 unspecified atom stereocenters. The van der Waals surface area contributed by atoms with Gasteiger partial charge in [0.25, 0.3) is 5.91 Å². The number of rotatable bonds is 4. The van der Waals surface area contributed by atoms with E-state index >= 15 is 0 Å². The second kappa shape index (κ2) is 13.2. The minimum absolute atomic E-state index is 0.00910. The van der Waals surface area contributed by atoms with E-state index in [2.05, 4.69) is 20.9 Å². The Morgan fingerprint density at radius 2 is 1.54 bits per heavy atom. The average Bonchev–Trinajstić information content (AvgIpc) is 3.30. The molecular weight excluding hydrogens is 508 g/mol. The maximum atomic E-state index is 13.8. The molecule has 5 rings (SSSR count). The van der Waals surface area contributed by atoms with Gasteiger partial charge in [0, 0.05) is 48.4 Å². The molecule has 0 bridgehead atoms. The topological polar surface area (TPSA) is 90.5 Å². The third kappa shape index (κ3) is 6.95. The van der Waals surface area contributed by atoms with Crippen molar-refractivity contribution in [3.8, 4) is 0 Å². The van der Waals surface area contributed by atoms with Crippen LogP contribution in [0.15, 0.2) is 54.6 Å². The first-order chi connectivity index (χ1) is 19.0. The Hall–Kier alpha value is -2.58. The second-order valence-corrected chi connectivity index (χ2v) is 12.8. The quantitative estimate of drug-likeness (QED) is 0.508. The molecule has 4 fully saturated rings. The van der Waals surface area contributed by atoms with Gasteiger partial charge in [0.1, 0.15) is 5.37 Å². The number of fused-ring (bicyclic) bond motifs is 3. The van der Waals surface area contributed by atoms with Crippen LogP contribution in [-0.4, -0.2) is 57.9 Å². The summed E-state index contributed by atoms with van der Waals surface area (Å²) in [4.78, 5) is 40.8. The number of carbonyl (C=O) groups excluding carboxylic acids is 3. The summed E-state index contributed by atoms with van der Waals surface area (Å²) in [6.07, 6.45) is 8.88. The Kier molecular flexibility index (Phi) is 9.45. The van der Waals surface area contributed by atoms with Crippen molar-refractivity contribution >= 4 is 35.2 Å². The zero-order valence-corrected chi connectivity index (χ0v) is 23.7. The largest absolute Gasteiger partial charge is 0.354 e. The van der Waals surface area contributed by atoms with Crippen molar-refractivity contribution in [2.24, 2.45) is 11.8 Å². The zero-order chi connectivity index (χ0) is 27.2. The van der Waals surface area contributed by atoms with Gasteiger partial charge in [-0.05, 0) is 63.0 Å². The summed E-state index contributed by atoms with van der Waals surface area (Å²) < 4.78 is 0. The Labute approximate surface area is 236 Å². The van der Waals surface area contributed by atoms with Crippen LogP contribution in [0, 0.1) is 11.8 Å². The molecule has 210 valence electrons. The molecule has 7 nitrogen and oxygen atoms in total. The van der Waals surface area contributed by atoms with Crippen LogP contribution < -0.4 is 16.0 Å². The number of hydrogen-bond acceptors (Lipinski definition) is 5. The number of nitrogens with one attached hydrogen (secondary N) is 3. The molecule has 2 heterocycles. The van der Waals surface area contributed by atoms with Gasteiger partial charge in [0.15, 0.2) is 0 Å². The Morgan fingerprint density at radius 1 is 0.872 bits per heavy atom. The van der Waals surface area contributed by atoms with Crippen molar-refractivity contribution < 1.29 is 14.4 Å². The molecule has 0 radical (unpaired) electrons. The minimum Gasteiger partial charge on any atom is -0.354 e. The van der Waals surface area contributed by atoms with Crippen molar-refractivity contribution in [3.05, 3.63) is 54.6 Å². The fourth-order valence-corrected chi connectivity index (χ4v) is 8.66. The summed E-state index contributed by atoms with van der Waals surface area (Å²) in [6.45, 7) is 2.32. The number of nitrogens with zero attached hydrogens (tertiary/aromatic N) is 1. The molecule has 2 saturated heterocycles. The van der Waals surface area contributed by atoms with E-state index in [1.54, 1.807) is 18.7 Å². The first-order valence-electron chi connectivity index (χ1n) is 14.7. The van der Waals surface area contributed by atoms with E-state index in [1.807, 2.05) is 54.6 Å². The lowest BCUT2D eigenvalue weighted by Gasteiger charge is -2.42. The Bertz CT molecular complexity index is 1070. The predicted octanol–water partition coefficient (Wildman–Crippen LogP) is 4.64. The van der Waals surface area contributed by atoms with Gasteiger partial charge in [-0.2, -0.15) is 0 Å². The lowest BCUT2D eigenvalue weighted by atomic mass is 9.79. The fourth-order valence-electron chi connectivity index (χ4n) is 6.99. The van der Waals surface area contributed by atoms with E-state index in [0.717, 1.165) is 63.6 Å². The number of likely N-dealkylation sites (tertiary alicyclic amines) is 1. The lowest BCUT2D eigenvalue weighted by molar-refractivity contribution is -0.140. The standard InChI is InChI=1S/C31H42N4O3S/c1-21(36)32-24-17-15-22(16-18-24)31(38)35-20-19-26-28(25-13-9-10-14-27(25)35)39-30(34-26)29(37)33-23-11-7-5-3-2-4-6-8-12-23/h2-8,11-12,22,24-28,30,34H,9-10,13-20H2,1H3,(H,32,36)(H,33,37). The molecule has 0 aromatic heterocycles. The average molecular weight is 551 g/mol. The van der Waals surface area contributed by atoms with Crippen LogP contribution in [0.4, 0.5) is 5.69 Å². The Balaban J connectivity index is 1.24. The van der Waals surface area contributed by atoms with Gasteiger partial charge in [0.2, 0.25) is 11.8 Å². The highest BCUT2D eigenvalue weighted by Gasteiger charge is 2.49. The predicted molar refractivity (Wildman–Crippen MR) is 156 cm³/mol. The molecule has 5 atom stereocenters. The molecule has 1 aromatic rings. The highest BCUT2D eigenvalue weighted by molar-refractivity contribution is 8.01. The van der Waals surface area contributed by atoms with Gasteiger partial charge in [0.05, 0.1) is 0 Å². The van der Waals surface area contributed by atoms with Gasteiger partial charge in [-0.25, -0.2) is 0 Å². The molecule has 3 N–H and O–H groups in total. The fraction of sp³-hybridized carbons (Fsp3) is 0.581. The molecule has 39 heavy (non-hydrogen) atoms. The maximum absolute atomic E-state index is 13.8. The molecular formula is C31H42N4O3S. The van der Waals surface area contributed by atoms with E-state index in [-0.39, 0.29) is 41.2 Å². The number of thioether (sulfide) groups is 1. The van der Waals surface area contributed by atoms with Crippen molar-refractivity contribution in [1.82, 2.24) is 15.5 Å². The van der Waals surface area contributed by atoms with E-state index < -0.39 is 0 Å². The third-order valence-electron chi connectivity index (χ3n) is 8.83. The van der Waals surface area contributed by atoms with Crippen LogP contribution in [0.1, 0.15) is 64.7 Å².